The fourth-order valence-corrected chi connectivity index (χ4v) is 6.07. The van der Waals surface area contributed by atoms with Crippen molar-refractivity contribution in [1.29, 1.82) is 0 Å². The number of aromatic nitrogens is 1. The lowest BCUT2D eigenvalue weighted by Crippen LogP contribution is -2.60. The molecule has 2 atom stereocenters. The Labute approximate surface area is 270 Å². The number of nitrogens with one attached hydrogen (secondary N) is 1. The van der Waals surface area contributed by atoms with Gasteiger partial charge in [-0.25, -0.2) is 9.18 Å². The Hall–Kier alpha value is -4.04. The molecule has 2 amide bonds. The minimum absolute atomic E-state index is 0.00744. The van der Waals surface area contributed by atoms with Crippen LogP contribution in [0.5, 0.6) is 5.75 Å². The third-order valence-corrected chi connectivity index (χ3v) is 8.00. The Morgan fingerprint density at radius 1 is 1.09 bits per heavy atom. The monoisotopic (exact) mass is 688 g/mol. The highest BCUT2D eigenvalue weighted by molar-refractivity contribution is 6.35. The number of ether oxygens (including phenoxy) is 2. The van der Waals surface area contributed by atoms with E-state index < -0.39 is 64.8 Å². The molecule has 1 aliphatic heterocycles. The first kappa shape index (κ1) is 34.8. The Bertz CT molecular complexity index is 1740. The summed E-state index contributed by atoms with van der Waals surface area (Å²) in [5, 5.41) is 2.50. The fraction of sp³-hybridized carbons (Fsp3) is 0.400. The minimum Gasteiger partial charge on any atom is -0.492 e. The summed E-state index contributed by atoms with van der Waals surface area (Å²) in [6, 6.07) is 3.94. The molecular formula is C30H30Cl2F4N4O6. The van der Waals surface area contributed by atoms with Crippen LogP contribution in [0.2, 0.25) is 10.0 Å². The average molecular weight is 689 g/mol. The number of halogens is 6. The van der Waals surface area contributed by atoms with Gasteiger partial charge in [0.05, 0.1) is 24.6 Å². The number of carbonyl (C=O) groups excluding carboxylic acids is 3. The van der Waals surface area contributed by atoms with Crippen molar-refractivity contribution in [1.82, 2.24) is 14.8 Å². The van der Waals surface area contributed by atoms with E-state index in [1.807, 2.05) is 0 Å². The van der Waals surface area contributed by atoms with Crippen molar-refractivity contribution in [3.63, 3.8) is 0 Å². The number of pyridine rings is 1. The molecule has 0 unspecified atom stereocenters. The van der Waals surface area contributed by atoms with Gasteiger partial charge in [-0.3, -0.25) is 14.4 Å². The predicted octanol–water partition coefficient (Wildman–Crippen LogP) is 4.94. The Balaban J connectivity index is 1.79. The summed E-state index contributed by atoms with van der Waals surface area (Å²) in [6.45, 7) is 2.89. The van der Waals surface area contributed by atoms with Crippen molar-refractivity contribution in [3.8, 4) is 5.75 Å². The molecule has 248 valence electrons. The number of piperazine rings is 1. The lowest BCUT2D eigenvalue weighted by atomic mass is 10.0. The summed E-state index contributed by atoms with van der Waals surface area (Å²) in [7, 11) is 1.12. The number of nitrogens with zero attached hydrogens (tertiary/aromatic N) is 3. The van der Waals surface area contributed by atoms with Gasteiger partial charge >= 0.3 is 18.1 Å². The second kappa shape index (κ2) is 13.8. The van der Waals surface area contributed by atoms with Crippen LogP contribution in [0.25, 0.3) is 10.9 Å². The molecule has 1 aliphatic rings. The second-order valence-electron chi connectivity index (χ2n) is 10.7. The highest BCUT2D eigenvalue weighted by Crippen LogP contribution is 2.40. The molecule has 0 saturated carbocycles. The molecule has 1 saturated heterocycles. The van der Waals surface area contributed by atoms with Gasteiger partial charge in [-0.2, -0.15) is 13.2 Å². The number of amides is 2. The normalized spacial score (nSPS) is 16.8. The maximum Gasteiger partial charge on any atom is 0.406 e. The first-order chi connectivity index (χ1) is 21.6. The van der Waals surface area contributed by atoms with Crippen LogP contribution in [0, 0.1) is 5.82 Å². The van der Waals surface area contributed by atoms with Crippen LogP contribution in [-0.2, 0) is 27.4 Å². The van der Waals surface area contributed by atoms with Gasteiger partial charge in [0.15, 0.2) is 11.6 Å². The number of fused-ring (bicyclic) bond motifs is 1. The van der Waals surface area contributed by atoms with E-state index in [4.69, 9.17) is 32.7 Å². The van der Waals surface area contributed by atoms with Crippen LogP contribution >= 0.6 is 23.2 Å². The number of carbonyl (C=O) groups is 3. The molecule has 10 nitrogen and oxygen atoms in total. The number of hydrogen-bond donors (Lipinski definition) is 1. The first-order valence-corrected chi connectivity index (χ1v) is 14.8. The van der Waals surface area contributed by atoms with Crippen molar-refractivity contribution in [2.24, 2.45) is 0 Å². The topological polar surface area (TPSA) is 110 Å². The average Bonchev–Trinajstić information content (AvgIpc) is 2.96. The van der Waals surface area contributed by atoms with Crippen LogP contribution in [0.4, 0.5) is 23.2 Å². The van der Waals surface area contributed by atoms with Gasteiger partial charge in [-0.1, -0.05) is 29.3 Å². The van der Waals surface area contributed by atoms with Crippen LogP contribution in [-0.4, -0.2) is 72.3 Å². The third-order valence-electron chi connectivity index (χ3n) is 7.42. The SMILES string of the molecule is CCOC(=O)C(=O)N1[C@H](C)CN(c2c(F)cc3c(=O)c(C(=O)NCc4ccc(Cl)cc4Cl)cn(CC(F)(F)F)c3c2OC)C[C@@H]1C. The van der Waals surface area contributed by atoms with Gasteiger partial charge in [0.25, 0.3) is 5.91 Å². The van der Waals surface area contributed by atoms with E-state index in [0.717, 1.165) is 19.4 Å². The summed E-state index contributed by atoms with van der Waals surface area (Å²) < 4.78 is 68.3. The van der Waals surface area contributed by atoms with E-state index in [0.29, 0.717) is 15.2 Å². The number of alkyl halides is 3. The predicted molar refractivity (Wildman–Crippen MR) is 163 cm³/mol. The van der Waals surface area contributed by atoms with Crippen LogP contribution < -0.4 is 20.4 Å². The quantitative estimate of drug-likeness (QED) is 0.213. The molecule has 0 radical (unpaired) electrons. The zero-order chi connectivity index (χ0) is 34.1. The molecule has 2 aromatic carbocycles. The summed E-state index contributed by atoms with van der Waals surface area (Å²) in [6.07, 6.45) is -4.06. The molecule has 0 bridgehead atoms. The van der Waals surface area contributed by atoms with E-state index in [2.05, 4.69) is 5.32 Å². The summed E-state index contributed by atoms with van der Waals surface area (Å²) in [5.74, 6) is -4.31. The van der Waals surface area contributed by atoms with Crippen molar-refractivity contribution in [2.75, 3.05) is 31.7 Å². The number of anilines is 1. The molecule has 1 aromatic heterocycles. The molecule has 16 heteroatoms. The number of benzene rings is 2. The standard InChI is InChI=1S/C30H30Cl2F4N4O6/c1-5-46-29(44)28(43)40-15(2)11-38(12-16(40)3)24-22(33)9-19-23(26(24)45-4)39(14-30(34,35)36)13-20(25(19)41)27(42)37-10-17-6-7-18(31)8-21(17)32/h6-9,13,15-16H,5,10-12,14H2,1-4H3,(H,37,42)/t15-,16+. The number of methoxy groups -OCH3 is 1. The molecular weight excluding hydrogens is 659 g/mol. The highest BCUT2D eigenvalue weighted by atomic mass is 35.5. The summed E-state index contributed by atoms with van der Waals surface area (Å²) >= 11 is 12.0. The van der Waals surface area contributed by atoms with Gasteiger partial charge < -0.3 is 29.2 Å². The van der Waals surface area contributed by atoms with E-state index in [-0.39, 0.29) is 48.2 Å². The largest absolute Gasteiger partial charge is 0.492 e. The lowest BCUT2D eigenvalue weighted by molar-refractivity contribution is -0.162. The van der Waals surface area contributed by atoms with Crippen molar-refractivity contribution in [3.05, 3.63) is 67.7 Å². The van der Waals surface area contributed by atoms with Crippen LogP contribution in [0.3, 0.4) is 0 Å². The highest BCUT2D eigenvalue weighted by Gasteiger charge is 2.39. The Morgan fingerprint density at radius 3 is 2.30 bits per heavy atom. The van der Waals surface area contributed by atoms with Gasteiger partial charge in [-0.05, 0) is 44.5 Å². The van der Waals surface area contributed by atoms with Crippen LogP contribution in [0.15, 0.2) is 35.3 Å². The molecule has 0 aliphatic carbocycles. The molecule has 1 fully saturated rings. The van der Waals surface area contributed by atoms with Gasteiger partial charge in [0, 0.05) is 48.0 Å². The zero-order valence-electron chi connectivity index (χ0n) is 25.1. The van der Waals surface area contributed by atoms with E-state index in [1.54, 1.807) is 20.8 Å². The van der Waals surface area contributed by atoms with Gasteiger partial charge in [0.1, 0.15) is 17.8 Å². The van der Waals surface area contributed by atoms with Gasteiger partial charge in [0.2, 0.25) is 5.43 Å². The smallest absolute Gasteiger partial charge is 0.406 e. The summed E-state index contributed by atoms with van der Waals surface area (Å²) in [4.78, 5) is 54.2. The molecule has 46 heavy (non-hydrogen) atoms. The van der Waals surface area contributed by atoms with E-state index in [9.17, 15) is 32.3 Å². The maximum atomic E-state index is 15.9. The van der Waals surface area contributed by atoms with Crippen molar-refractivity contribution < 1.29 is 41.4 Å². The fourth-order valence-electron chi connectivity index (χ4n) is 5.60. The molecule has 4 rings (SSSR count). The van der Waals surface area contributed by atoms with Crippen molar-refractivity contribution >= 4 is 57.6 Å². The first-order valence-electron chi connectivity index (χ1n) is 14.0. The molecule has 0 spiro atoms. The second-order valence-corrected chi connectivity index (χ2v) is 11.5. The lowest BCUT2D eigenvalue weighted by Gasteiger charge is -2.45. The zero-order valence-corrected chi connectivity index (χ0v) is 26.6. The van der Waals surface area contributed by atoms with E-state index >= 15 is 4.39 Å². The number of rotatable bonds is 7. The third kappa shape index (κ3) is 7.17. The maximum absolute atomic E-state index is 15.9. The molecule has 3 aromatic rings. The van der Waals surface area contributed by atoms with Gasteiger partial charge in [-0.15, -0.1) is 0 Å². The molecule has 2 heterocycles. The number of hydrogen-bond acceptors (Lipinski definition) is 7. The van der Waals surface area contributed by atoms with Crippen LogP contribution in [0.1, 0.15) is 36.7 Å². The Kier molecular flexibility index (Phi) is 10.4. The summed E-state index contributed by atoms with van der Waals surface area (Å²) in [5.41, 5.74) is -1.89. The number of esters is 1. The minimum atomic E-state index is -4.81. The van der Waals surface area contributed by atoms with Crippen molar-refractivity contribution in [2.45, 2.75) is 52.1 Å². The van der Waals surface area contributed by atoms with E-state index in [1.165, 1.54) is 28.0 Å². The molecule has 1 N–H and O–H groups in total. The Morgan fingerprint density at radius 2 is 1.74 bits per heavy atom.